The minimum absolute atomic E-state index is 0. The fraction of sp³-hybridized carbons (Fsp3) is 0.100. The summed E-state index contributed by atoms with van der Waals surface area (Å²) >= 11 is 0. The molecule has 8 heteroatoms. The number of nitrogens with zero attached hydrogens (tertiary/aromatic N) is 1. The topological polar surface area (TPSA) is 97.1 Å². The van der Waals surface area contributed by atoms with Gasteiger partial charge in [-0.25, -0.2) is 8.42 Å². The molecule has 0 amide bonds. The van der Waals surface area contributed by atoms with Crippen molar-refractivity contribution in [3.05, 3.63) is 56.7 Å². The van der Waals surface area contributed by atoms with Crippen molar-refractivity contribution in [1.82, 2.24) is 4.31 Å². The van der Waals surface area contributed by atoms with E-state index in [1.54, 1.807) is 24.3 Å². The molecule has 0 aromatic heterocycles. The molecule has 0 atom stereocenters. The van der Waals surface area contributed by atoms with Crippen molar-refractivity contribution in [3.63, 3.8) is 0 Å². The third kappa shape index (κ3) is 14.7. The molecular weight excluding hydrogens is 302 g/mol. The van der Waals surface area contributed by atoms with E-state index in [9.17, 15) is 8.42 Å². The smallest absolute Gasteiger partial charge is 0 e. The molecule has 0 spiro atoms. The van der Waals surface area contributed by atoms with Gasteiger partial charge in [-0.05, 0) is 12.2 Å². The molecule has 0 aliphatic carbocycles. The molecule has 1 rings (SSSR count). The van der Waals surface area contributed by atoms with Gasteiger partial charge in [0.2, 0.25) is 10.0 Å². The van der Waals surface area contributed by atoms with Gasteiger partial charge in [0, 0.05) is 29.5 Å². The third-order valence-electron chi connectivity index (χ3n) is 1.18. The van der Waals surface area contributed by atoms with Crippen LogP contribution in [-0.2, 0) is 41.0 Å². The zero-order valence-corrected chi connectivity index (χ0v) is 11.1. The van der Waals surface area contributed by atoms with E-state index in [0.717, 1.165) is 10.6 Å². The molecule has 0 N–H and O–H groups in total. The molecule has 1 heterocycles. The second-order valence-electron chi connectivity index (χ2n) is 2.16. The first-order chi connectivity index (χ1) is 8.11. The van der Waals surface area contributed by atoms with Gasteiger partial charge in [0.05, 0.1) is 6.26 Å². The summed E-state index contributed by atoms with van der Waals surface area (Å²) in [4.78, 5) is 0. The first-order valence-corrected chi connectivity index (χ1v) is 5.57. The number of hydrogen-bond acceptors (Lipinski definition) is 2. The Morgan fingerprint density at radius 3 is 1.33 bits per heavy atom. The van der Waals surface area contributed by atoms with Crippen LogP contribution in [0.15, 0.2) is 36.7 Å². The predicted octanol–water partition coefficient (Wildman–Crippen LogP) is 0.730. The van der Waals surface area contributed by atoms with E-state index in [2.05, 4.69) is 20.0 Å². The molecule has 98 valence electrons. The molecular formula is C10H9FeNO5S. The van der Waals surface area contributed by atoms with Gasteiger partial charge in [-0.2, -0.15) is 0 Å². The van der Waals surface area contributed by atoms with Gasteiger partial charge >= 0.3 is 33.9 Å². The van der Waals surface area contributed by atoms with Crippen LogP contribution in [0.2, 0.25) is 0 Å². The number of sulfonamides is 1. The molecule has 0 saturated carbocycles. The van der Waals surface area contributed by atoms with Gasteiger partial charge in [0.1, 0.15) is 0 Å². The van der Waals surface area contributed by atoms with Crippen LogP contribution < -0.4 is 0 Å². The van der Waals surface area contributed by atoms with Crippen molar-refractivity contribution >= 4 is 10.0 Å². The molecule has 1 aliphatic rings. The average molecular weight is 311 g/mol. The minimum Gasteiger partial charge on any atom is 0 e. The molecule has 0 unspecified atom stereocenters. The molecule has 0 bridgehead atoms. The van der Waals surface area contributed by atoms with Crippen molar-refractivity contribution in [2.75, 3.05) is 6.26 Å². The Labute approximate surface area is 117 Å². The average Bonchev–Trinajstić information content (AvgIpc) is 2.65. The molecule has 0 fully saturated rings. The summed E-state index contributed by atoms with van der Waals surface area (Å²) in [5, 5.41) is 0. The maximum Gasteiger partial charge on any atom is 0 e. The van der Waals surface area contributed by atoms with Gasteiger partial charge in [0.25, 0.3) is 0 Å². The maximum atomic E-state index is 10.9. The van der Waals surface area contributed by atoms with Crippen LogP contribution in [-0.4, -0.2) is 19.0 Å². The number of allylic oxidation sites excluding steroid dienone is 4. The zero-order chi connectivity index (χ0) is 14.3. The Balaban J connectivity index is -0.000000123. The largest absolute Gasteiger partial charge is 0 e. The number of rotatable bonds is 1. The van der Waals surface area contributed by atoms with Crippen LogP contribution in [0.3, 0.4) is 0 Å². The van der Waals surface area contributed by atoms with Crippen molar-refractivity contribution in [1.29, 1.82) is 0 Å². The summed E-state index contributed by atoms with van der Waals surface area (Å²) in [5.41, 5.74) is 0. The van der Waals surface area contributed by atoms with E-state index in [-0.39, 0.29) is 17.1 Å². The molecule has 0 saturated heterocycles. The van der Waals surface area contributed by atoms with Crippen molar-refractivity contribution < 1.29 is 39.4 Å². The molecule has 0 aromatic carbocycles. The molecule has 0 radical (unpaired) electrons. The zero-order valence-electron chi connectivity index (χ0n) is 9.21. The van der Waals surface area contributed by atoms with Crippen LogP contribution in [0.5, 0.6) is 0 Å². The fourth-order valence-corrected chi connectivity index (χ4v) is 1.25. The SMILES string of the molecule is CS(=O)(=O)N1C=CC=CC=C1.[C-]#[O+].[C-]#[O+].[C-]#[O+].[Fe]. The quantitative estimate of drug-likeness (QED) is 0.405. The van der Waals surface area contributed by atoms with E-state index < -0.39 is 10.0 Å². The summed E-state index contributed by atoms with van der Waals surface area (Å²) in [7, 11) is -3.13. The van der Waals surface area contributed by atoms with Crippen LogP contribution in [0.1, 0.15) is 0 Å². The Bertz CT molecular complexity index is 401. The van der Waals surface area contributed by atoms with Crippen LogP contribution in [0.25, 0.3) is 0 Å². The maximum absolute atomic E-state index is 10.9. The standard InChI is InChI=1S/C7H9NO2S.3CO.Fe/c1-11(9,10)8-6-4-2-3-5-7-8;3*1-2;/h2-7H,1H3;;;;. The van der Waals surface area contributed by atoms with E-state index in [4.69, 9.17) is 14.0 Å². The van der Waals surface area contributed by atoms with Crippen molar-refractivity contribution in [2.24, 2.45) is 0 Å². The Hall–Kier alpha value is -1.29. The summed E-state index contributed by atoms with van der Waals surface area (Å²) in [6.45, 7) is 13.5. The summed E-state index contributed by atoms with van der Waals surface area (Å²) in [5.74, 6) is 0. The summed E-state index contributed by atoms with van der Waals surface area (Å²) in [6, 6.07) is 0. The molecule has 1 aliphatic heterocycles. The predicted molar refractivity (Wildman–Crippen MR) is 55.9 cm³/mol. The van der Waals surface area contributed by atoms with Crippen molar-refractivity contribution in [3.8, 4) is 0 Å². The Morgan fingerprint density at radius 2 is 1.11 bits per heavy atom. The monoisotopic (exact) mass is 311 g/mol. The Kier molecular flexibility index (Phi) is 25.6. The van der Waals surface area contributed by atoms with Crippen LogP contribution in [0.4, 0.5) is 0 Å². The Morgan fingerprint density at radius 1 is 0.833 bits per heavy atom. The van der Waals surface area contributed by atoms with Gasteiger partial charge in [0.15, 0.2) is 0 Å². The first-order valence-electron chi connectivity index (χ1n) is 3.72. The van der Waals surface area contributed by atoms with Gasteiger partial charge < -0.3 is 0 Å². The summed E-state index contributed by atoms with van der Waals surface area (Å²) in [6.07, 6.45) is 11.0. The third-order valence-corrected chi connectivity index (χ3v) is 2.19. The van der Waals surface area contributed by atoms with Gasteiger partial charge in [-0.1, -0.05) is 12.2 Å². The van der Waals surface area contributed by atoms with Crippen LogP contribution >= 0.6 is 0 Å². The van der Waals surface area contributed by atoms with E-state index >= 15 is 0 Å². The van der Waals surface area contributed by atoms with E-state index in [0.29, 0.717) is 0 Å². The van der Waals surface area contributed by atoms with Crippen LogP contribution in [0, 0.1) is 20.0 Å². The summed E-state index contributed by atoms with van der Waals surface area (Å²) < 4.78 is 45.5. The van der Waals surface area contributed by atoms with Gasteiger partial charge in [-0.3, -0.25) is 4.31 Å². The second kappa shape index (κ2) is 18.1. The van der Waals surface area contributed by atoms with Gasteiger partial charge in [-0.15, -0.1) is 0 Å². The molecule has 18 heavy (non-hydrogen) atoms. The van der Waals surface area contributed by atoms with E-state index in [1.807, 2.05) is 0 Å². The first kappa shape index (κ1) is 25.5. The molecule has 6 nitrogen and oxygen atoms in total. The minimum atomic E-state index is -3.13. The normalized spacial score (nSPS) is 10.7. The molecule has 0 aromatic rings. The van der Waals surface area contributed by atoms with E-state index in [1.165, 1.54) is 12.4 Å². The van der Waals surface area contributed by atoms with Crippen molar-refractivity contribution in [2.45, 2.75) is 0 Å². The second-order valence-corrected chi connectivity index (χ2v) is 4.05. The fourth-order valence-electron chi connectivity index (χ4n) is 0.668. The number of hydrogen-bond donors (Lipinski definition) is 0.